The van der Waals surface area contributed by atoms with Gasteiger partial charge < -0.3 is 10.2 Å². The summed E-state index contributed by atoms with van der Waals surface area (Å²) in [5.74, 6) is 6.68. The molecule has 0 aromatic heterocycles. The van der Waals surface area contributed by atoms with Crippen LogP contribution in [0.2, 0.25) is 10.0 Å². The molecule has 5 heteroatoms. The summed E-state index contributed by atoms with van der Waals surface area (Å²) < 4.78 is 5.79. The van der Waals surface area contributed by atoms with E-state index in [0.717, 1.165) is 11.3 Å². The second-order valence-corrected chi connectivity index (χ2v) is 5.09. The van der Waals surface area contributed by atoms with Crippen LogP contribution in [0.25, 0.3) is 0 Å². The molecule has 3 nitrogen and oxygen atoms in total. The minimum atomic E-state index is 0.412. The first-order valence-electron chi connectivity index (χ1n) is 5.72. The van der Waals surface area contributed by atoms with Crippen LogP contribution in [0.3, 0.4) is 0 Å². The van der Waals surface area contributed by atoms with Crippen LogP contribution in [0.1, 0.15) is 11.1 Å². The summed E-state index contributed by atoms with van der Waals surface area (Å²) in [7, 11) is 0. The monoisotopic (exact) mass is 296 g/mol. The van der Waals surface area contributed by atoms with E-state index in [9.17, 15) is 0 Å². The first kappa shape index (κ1) is 14.0. The highest BCUT2D eigenvalue weighted by molar-refractivity contribution is 6.39. The number of anilines is 1. The number of nitrogens with one attached hydrogen (secondary N) is 1. The summed E-state index contributed by atoms with van der Waals surface area (Å²) >= 11 is 12.1. The van der Waals surface area contributed by atoms with E-state index >= 15 is 0 Å². The quantitative estimate of drug-likeness (QED) is 0.638. The number of halogens is 2. The Kier molecular flexibility index (Phi) is 4.20. The Bertz CT molecular complexity index is 591. The predicted octanol–water partition coefficient (Wildman–Crippen LogP) is 4.69. The molecule has 0 aliphatic heterocycles. The maximum Gasteiger partial charge on any atom is 0.130 e. The van der Waals surface area contributed by atoms with Crippen molar-refractivity contribution in [2.45, 2.75) is 13.8 Å². The molecule has 0 fully saturated rings. The maximum absolute atomic E-state index is 6.06. The van der Waals surface area contributed by atoms with Crippen LogP contribution in [0.4, 0.5) is 5.69 Å². The Morgan fingerprint density at radius 3 is 2.21 bits per heavy atom. The van der Waals surface area contributed by atoms with Crippen LogP contribution < -0.4 is 16.0 Å². The van der Waals surface area contributed by atoms with Gasteiger partial charge in [0.1, 0.15) is 11.5 Å². The summed E-state index contributed by atoms with van der Waals surface area (Å²) in [5.41, 5.74) is 5.17. The molecule has 100 valence electrons. The molecule has 2 aromatic carbocycles. The van der Waals surface area contributed by atoms with Gasteiger partial charge in [-0.25, -0.2) is 0 Å². The largest absolute Gasteiger partial charge is 0.457 e. The van der Waals surface area contributed by atoms with Gasteiger partial charge in [-0.2, -0.15) is 0 Å². The van der Waals surface area contributed by atoms with Crippen molar-refractivity contribution in [3.8, 4) is 11.5 Å². The smallest absolute Gasteiger partial charge is 0.130 e. The van der Waals surface area contributed by atoms with E-state index in [0.29, 0.717) is 21.5 Å². The van der Waals surface area contributed by atoms with Gasteiger partial charge in [0, 0.05) is 12.1 Å². The Balaban J connectivity index is 2.33. The number of nitrogen functional groups attached to an aromatic ring is 1. The van der Waals surface area contributed by atoms with E-state index in [1.54, 1.807) is 12.1 Å². The Hall–Kier alpha value is -1.42. The third kappa shape index (κ3) is 3.13. The van der Waals surface area contributed by atoms with Crippen LogP contribution >= 0.6 is 23.2 Å². The summed E-state index contributed by atoms with van der Waals surface area (Å²) in [4.78, 5) is 0. The van der Waals surface area contributed by atoms with E-state index in [-0.39, 0.29) is 0 Å². The van der Waals surface area contributed by atoms with Gasteiger partial charge in [0.05, 0.1) is 15.7 Å². The lowest BCUT2D eigenvalue weighted by molar-refractivity contribution is 0.479. The van der Waals surface area contributed by atoms with Crippen molar-refractivity contribution in [2.24, 2.45) is 5.84 Å². The number of ether oxygens (including phenoxy) is 1. The van der Waals surface area contributed by atoms with Crippen LogP contribution in [0.15, 0.2) is 30.3 Å². The van der Waals surface area contributed by atoms with E-state index < -0.39 is 0 Å². The van der Waals surface area contributed by atoms with Crippen molar-refractivity contribution in [2.75, 3.05) is 5.43 Å². The average molecular weight is 297 g/mol. The number of hydrogen-bond donors (Lipinski definition) is 2. The minimum absolute atomic E-state index is 0.412. The fourth-order valence-corrected chi connectivity index (χ4v) is 2.36. The zero-order valence-electron chi connectivity index (χ0n) is 10.6. The summed E-state index contributed by atoms with van der Waals surface area (Å²) in [6.45, 7) is 4.02. The number of hydrazine groups is 1. The third-order valence-electron chi connectivity index (χ3n) is 2.72. The van der Waals surface area contributed by atoms with Crippen molar-refractivity contribution >= 4 is 28.9 Å². The van der Waals surface area contributed by atoms with Crippen LogP contribution in [-0.2, 0) is 0 Å². The molecular weight excluding hydrogens is 283 g/mol. The van der Waals surface area contributed by atoms with E-state index in [4.69, 9.17) is 33.8 Å². The molecule has 0 saturated carbocycles. The molecule has 0 atom stereocenters. The van der Waals surface area contributed by atoms with Gasteiger partial charge in [-0.15, -0.1) is 0 Å². The molecule has 0 radical (unpaired) electrons. The number of nitrogens with two attached hydrogens (primary N) is 1. The molecule has 0 amide bonds. The summed E-state index contributed by atoms with van der Waals surface area (Å²) in [6, 6.07) is 9.29. The Morgan fingerprint density at radius 2 is 1.68 bits per heavy atom. The van der Waals surface area contributed by atoms with Crippen LogP contribution in [0.5, 0.6) is 11.5 Å². The lowest BCUT2D eigenvalue weighted by Gasteiger charge is -2.12. The second kappa shape index (κ2) is 5.70. The van der Waals surface area contributed by atoms with Gasteiger partial charge >= 0.3 is 0 Å². The molecule has 2 rings (SSSR count). The Labute approximate surface area is 122 Å². The first-order chi connectivity index (χ1) is 9.01. The van der Waals surface area contributed by atoms with Crippen molar-refractivity contribution in [1.29, 1.82) is 0 Å². The number of benzene rings is 2. The normalized spacial score (nSPS) is 10.4. The average Bonchev–Trinajstić information content (AvgIpc) is 2.32. The van der Waals surface area contributed by atoms with Gasteiger partial charge in [-0.1, -0.05) is 40.9 Å². The lowest BCUT2D eigenvalue weighted by Crippen LogP contribution is -2.07. The van der Waals surface area contributed by atoms with Crippen LogP contribution in [0, 0.1) is 13.8 Å². The van der Waals surface area contributed by atoms with E-state index in [1.165, 1.54) is 5.56 Å². The second-order valence-electron chi connectivity index (χ2n) is 4.28. The maximum atomic E-state index is 6.06. The fourth-order valence-electron chi connectivity index (χ4n) is 1.79. The van der Waals surface area contributed by atoms with Crippen LogP contribution in [-0.4, -0.2) is 0 Å². The molecule has 0 heterocycles. The zero-order chi connectivity index (χ0) is 14.0. The Morgan fingerprint density at radius 1 is 1.05 bits per heavy atom. The molecule has 2 aromatic rings. The number of aryl methyl sites for hydroxylation is 2. The summed E-state index contributed by atoms with van der Waals surface area (Å²) in [6.07, 6.45) is 0. The van der Waals surface area contributed by atoms with Crippen molar-refractivity contribution in [1.82, 2.24) is 0 Å². The molecule has 3 N–H and O–H groups in total. The molecule has 0 spiro atoms. The number of hydrogen-bond acceptors (Lipinski definition) is 3. The molecule has 0 bridgehead atoms. The van der Waals surface area contributed by atoms with Crippen molar-refractivity contribution in [3.05, 3.63) is 51.5 Å². The minimum Gasteiger partial charge on any atom is -0.457 e. The highest BCUT2D eigenvalue weighted by atomic mass is 35.5. The molecule has 0 aliphatic rings. The van der Waals surface area contributed by atoms with E-state index in [1.807, 2.05) is 32.0 Å². The summed E-state index contributed by atoms with van der Waals surface area (Å²) in [5, 5.41) is 0.824. The molecule has 19 heavy (non-hydrogen) atoms. The zero-order valence-corrected chi connectivity index (χ0v) is 12.1. The van der Waals surface area contributed by atoms with E-state index in [2.05, 4.69) is 5.43 Å². The molecule has 0 saturated heterocycles. The highest BCUT2D eigenvalue weighted by Crippen LogP contribution is 2.36. The van der Waals surface area contributed by atoms with Gasteiger partial charge in [0.2, 0.25) is 0 Å². The topological polar surface area (TPSA) is 47.3 Å². The predicted molar refractivity (Wildman–Crippen MR) is 80.3 cm³/mol. The van der Waals surface area contributed by atoms with Crippen molar-refractivity contribution in [3.63, 3.8) is 0 Å². The molecular formula is C14H14Cl2N2O. The van der Waals surface area contributed by atoms with Crippen molar-refractivity contribution < 1.29 is 4.74 Å². The van der Waals surface area contributed by atoms with Gasteiger partial charge in [0.25, 0.3) is 0 Å². The van der Waals surface area contributed by atoms with Gasteiger partial charge in [-0.05, 0) is 25.5 Å². The lowest BCUT2D eigenvalue weighted by atomic mass is 10.1. The standard InChI is InChI=1S/C14H14Cl2N2O/c1-8-3-4-13(9(2)5-8)19-10-6-11(15)14(18-17)12(16)7-10/h3-7,18H,17H2,1-2H3. The number of rotatable bonds is 3. The first-order valence-corrected chi connectivity index (χ1v) is 6.47. The van der Waals surface area contributed by atoms with Gasteiger partial charge in [-0.3, -0.25) is 5.84 Å². The molecule has 0 unspecified atom stereocenters. The highest BCUT2D eigenvalue weighted by Gasteiger charge is 2.09. The van der Waals surface area contributed by atoms with Gasteiger partial charge in [0.15, 0.2) is 0 Å². The SMILES string of the molecule is Cc1ccc(Oc2cc(Cl)c(NN)c(Cl)c2)c(C)c1. The third-order valence-corrected chi connectivity index (χ3v) is 3.31. The molecule has 0 aliphatic carbocycles. The fraction of sp³-hybridized carbons (Fsp3) is 0.143.